The van der Waals surface area contributed by atoms with Crippen molar-refractivity contribution >= 4 is 36.0 Å². The van der Waals surface area contributed by atoms with Gasteiger partial charge in [0.05, 0.1) is 6.04 Å². The Kier molecular flexibility index (Phi) is 10.6. The van der Waals surface area contributed by atoms with Crippen molar-refractivity contribution in [1.29, 1.82) is 0 Å². The summed E-state index contributed by atoms with van der Waals surface area (Å²) >= 11 is 0. The summed E-state index contributed by atoms with van der Waals surface area (Å²) < 4.78 is 5.35. The van der Waals surface area contributed by atoms with E-state index < -0.39 is 5.60 Å². The second-order valence-corrected chi connectivity index (χ2v) is 7.14. The number of nitrogens with one attached hydrogen (secondary N) is 2. The predicted octanol–water partition coefficient (Wildman–Crippen LogP) is 1.73. The SMILES string of the molecule is CCNC(=NCCCN(C)C)NC1CN(C(=O)OC(C)(C)C)C1.I. The lowest BCUT2D eigenvalue weighted by Crippen LogP contribution is -2.63. The van der Waals surface area contributed by atoms with Gasteiger partial charge < -0.3 is 25.2 Å². The molecular weight excluding hydrogens is 421 g/mol. The number of carbonyl (C=O) groups is 1. The lowest BCUT2D eigenvalue weighted by Gasteiger charge is -2.40. The van der Waals surface area contributed by atoms with Crippen molar-refractivity contribution in [2.45, 2.75) is 45.8 Å². The molecule has 0 aromatic carbocycles. The minimum absolute atomic E-state index is 0. The van der Waals surface area contributed by atoms with E-state index in [2.05, 4.69) is 34.6 Å². The summed E-state index contributed by atoms with van der Waals surface area (Å²) in [7, 11) is 4.12. The minimum atomic E-state index is -0.446. The molecule has 8 heteroatoms. The molecule has 0 aromatic heterocycles. The molecule has 0 spiro atoms. The minimum Gasteiger partial charge on any atom is -0.444 e. The third-order valence-electron chi connectivity index (χ3n) is 3.25. The number of hydrogen-bond acceptors (Lipinski definition) is 4. The van der Waals surface area contributed by atoms with E-state index in [-0.39, 0.29) is 36.1 Å². The zero-order chi connectivity index (χ0) is 17.5. The molecule has 0 bridgehead atoms. The molecule has 0 aromatic rings. The van der Waals surface area contributed by atoms with Crippen molar-refractivity contribution < 1.29 is 9.53 Å². The first-order valence-corrected chi connectivity index (χ1v) is 8.38. The van der Waals surface area contributed by atoms with Gasteiger partial charge in [0.25, 0.3) is 0 Å². The normalized spacial score (nSPS) is 15.6. The molecule has 1 aliphatic rings. The van der Waals surface area contributed by atoms with Crippen LogP contribution < -0.4 is 10.6 Å². The molecule has 1 amide bonds. The van der Waals surface area contributed by atoms with Crippen molar-refractivity contribution in [2.75, 3.05) is 46.8 Å². The molecule has 24 heavy (non-hydrogen) atoms. The van der Waals surface area contributed by atoms with Gasteiger partial charge in [0.15, 0.2) is 5.96 Å². The van der Waals surface area contributed by atoms with Gasteiger partial charge in [-0.2, -0.15) is 0 Å². The molecule has 0 unspecified atom stereocenters. The molecule has 0 radical (unpaired) electrons. The Morgan fingerprint density at radius 2 is 1.96 bits per heavy atom. The van der Waals surface area contributed by atoms with Crippen LogP contribution in [-0.2, 0) is 4.74 Å². The van der Waals surface area contributed by atoms with Crippen LogP contribution >= 0.6 is 24.0 Å². The molecule has 142 valence electrons. The van der Waals surface area contributed by atoms with Crippen molar-refractivity contribution in [3.05, 3.63) is 0 Å². The van der Waals surface area contributed by atoms with Crippen LogP contribution in [0.4, 0.5) is 4.79 Å². The second kappa shape index (κ2) is 11.0. The van der Waals surface area contributed by atoms with E-state index in [0.717, 1.165) is 32.0 Å². The van der Waals surface area contributed by atoms with Crippen molar-refractivity contribution in [2.24, 2.45) is 4.99 Å². The molecular formula is C16H34IN5O2. The molecule has 1 heterocycles. The topological polar surface area (TPSA) is 69.2 Å². The molecule has 1 rings (SSSR count). The van der Waals surface area contributed by atoms with Crippen LogP contribution in [0.25, 0.3) is 0 Å². The van der Waals surface area contributed by atoms with Crippen molar-refractivity contribution in [3.8, 4) is 0 Å². The average Bonchev–Trinajstić information content (AvgIpc) is 2.35. The lowest BCUT2D eigenvalue weighted by atomic mass is 10.1. The predicted molar refractivity (Wildman–Crippen MR) is 109 cm³/mol. The van der Waals surface area contributed by atoms with Crippen LogP contribution in [0.1, 0.15) is 34.1 Å². The van der Waals surface area contributed by atoms with Crippen LogP contribution in [0.3, 0.4) is 0 Å². The van der Waals surface area contributed by atoms with Crippen LogP contribution in [0, 0.1) is 0 Å². The van der Waals surface area contributed by atoms with E-state index in [1.807, 2.05) is 27.7 Å². The van der Waals surface area contributed by atoms with E-state index in [4.69, 9.17) is 4.74 Å². The fourth-order valence-electron chi connectivity index (χ4n) is 2.14. The monoisotopic (exact) mass is 455 g/mol. The largest absolute Gasteiger partial charge is 0.444 e. The molecule has 0 aliphatic carbocycles. The Balaban J connectivity index is 0.00000529. The van der Waals surface area contributed by atoms with Gasteiger partial charge in [-0.1, -0.05) is 0 Å². The summed E-state index contributed by atoms with van der Waals surface area (Å²) in [6, 6.07) is 0.231. The van der Waals surface area contributed by atoms with Crippen molar-refractivity contribution in [3.63, 3.8) is 0 Å². The quantitative estimate of drug-likeness (QED) is 0.276. The molecule has 7 nitrogen and oxygen atoms in total. The number of halogens is 1. The van der Waals surface area contributed by atoms with Gasteiger partial charge in [-0.3, -0.25) is 4.99 Å². The molecule has 0 atom stereocenters. The van der Waals surface area contributed by atoms with Crippen LogP contribution in [-0.4, -0.2) is 80.3 Å². The summed E-state index contributed by atoms with van der Waals surface area (Å²) in [5, 5.41) is 6.61. The van der Waals surface area contributed by atoms with Crippen molar-refractivity contribution in [1.82, 2.24) is 20.4 Å². The summed E-state index contributed by atoms with van der Waals surface area (Å²) in [5.41, 5.74) is -0.446. The van der Waals surface area contributed by atoms with Gasteiger partial charge >= 0.3 is 6.09 Å². The first kappa shape index (κ1) is 23.2. The average molecular weight is 455 g/mol. The zero-order valence-electron chi connectivity index (χ0n) is 15.9. The third-order valence-corrected chi connectivity index (χ3v) is 3.25. The van der Waals surface area contributed by atoms with Gasteiger partial charge in [0.1, 0.15) is 5.60 Å². The fourth-order valence-corrected chi connectivity index (χ4v) is 2.14. The van der Waals surface area contributed by atoms with E-state index in [1.165, 1.54) is 0 Å². The van der Waals surface area contributed by atoms with Crippen LogP contribution in [0.5, 0.6) is 0 Å². The number of likely N-dealkylation sites (tertiary alicyclic amines) is 1. The number of nitrogens with zero attached hydrogens (tertiary/aromatic N) is 3. The smallest absolute Gasteiger partial charge is 0.410 e. The van der Waals surface area contributed by atoms with Gasteiger partial charge in [-0.15, -0.1) is 24.0 Å². The molecule has 1 saturated heterocycles. The number of hydrogen-bond donors (Lipinski definition) is 2. The van der Waals surface area contributed by atoms with E-state index >= 15 is 0 Å². The Bertz CT molecular complexity index is 404. The Morgan fingerprint density at radius 3 is 2.46 bits per heavy atom. The Hall–Kier alpha value is -0.770. The van der Waals surface area contributed by atoms with Gasteiger partial charge in [0.2, 0.25) is 0 Å². The number of carbonyl (C=O) groups excluding carboxylic acids is 1. The first-order valence-electron chi connectivity index (χ1n) is 8.38. The Labute approximate surface area is 163 Å². The highest BCUT2D eigenvalue weighted by Crippen LogP contribution is 2.15. The fraction of sp³-hybridized carbons (Fsp3) is 0.875. The highest BCUT2D eigenvalue weighted by Gasteiger charge is 2.34. The standard InChI is InChI=1S/C16H33N5O2.HI/c1-7-17-14(18-9-8-10-20(5)6)19-13-11-21(12-13)15(22)23-16(2,3)4;/h13H,7-12H2,1-6H3,(H2,17,18,19);1H. The second-order valence-electron chi connectivity index (χ2n) is 7.14. The number of aliphatic imine (C=N–C) groups is 1. The maximum atomic E-state index is 11.9. The highest BCUT2D eigenvalue weighted by atomic mass is 127. The van der Waals surface area contributed by atoms with E-state index in [1.54, 1.807) is 4.90 Å². The highest BCUT2D eigenvalue weighted by molar-refractivity contribution is 14.0. The number of rotatable bonds is 6. The van der Waals surface area contributed by atoms with Crippen LogP contribution in [0.15, 0.2) is 4.99 Å². The summed E-state index contributed by atoms with van der Waals surface area (Å²) in [5.74, 6) is 0.820. The number of amides is 1. The lowest BCUT2D eigenvalue weighted by molar-refractivity contribution is 0.00701. The molecule has 1 fully saturated rings. The first-order chi connectivity index (χ1) is 10.7. The zero-order valence-corrected chi connectivity index (χ0v) is 18.2. The van der Waals surface area contributed by atoms with Crippen LogP contribution in [0.2, 0.25) is 0 Å². The number of guanidine groups is 1. The number of ether oxygens (including phenoxy) is 1. The summed E-state index contributed by atoms with van der Waals surface area (Å²) in [6.45, 7) is 11.6. The molecule has 1 aliphatic heterocycles. The van der Waals surface area contributed by atoms with E-state index in [9.17, 15) is 4.79 Å². The third kappa shape index (κ3) is 9.51. The summed E-state index contributed by atoms with van der Waals surface area (Å²) in [4.78, 5) is 20.3. The molecule has 2 N–H and O–H groups in total. The Morgan fingerprint density at radius 1 is 1.33 bits per heavy atom. The van der Waals surface area contributed by atoms with Gasteiger partial charge in [0, 0.05) is 26.2 Å². The summed E-state index contributed by atoms with van der Waals surface area (Å²) in [6.07, 6.45) is 0.779. The van der Waals surface area contributed by atoms with E-state index in [0.29, 0.717) is 13.1 Å². The maximum Gasteiger partial charge on any atom is 0.410 e. The van der Waals surface area contributed by atoms with Gasteiger partial charge in [-0.25, -0.2) is 4.79 Å². The maximum absolute atomic E-state index is 11.9. The van der Waals surface area contributed by atoms with Gasteiger partial charge in [-0.05, 0) is 54.8 Å². The molecule has 0 saturated carbocycles.